The van der Waals surface area contributed by atoms with Crippen LogP contribution in [-0.2, 0) is 14.3 Å². The first-order chi connectivity index (χ1) is 6.66. The molecule has 0 spiro atoms. The van der Waals surface area contributed by atoms with Crippen molar-refractivity contribution in [2.75, 3.05) is 26.9 Å². The van der Waals surface area contributed by atoms with Crippen LogP contribution in [0.4, 0.5) is 0 Å². The fraction of sp³-hybridized carbons (Fsp3) is 0.900. The minimum Gasteiger partial charge on any atom is -0.379 e. The van der Waals surface area contributed by atoms with Gasteiger partial charge in [0.1, 0.15) is 6.10 Å². The van der Waals surface area contributed by atoms with Crippen LogP contribution < -0.4 is 0 Å². The van der Waals surface area contributed by atoms with Gasteiger partial charge in [-0.1, -0.05) is 0 Å². The molecule has 0 aromatic rings. The van der Waals surface area contributed by atoms with E-state index in [0.29, 0.717) is 6.61 Å². The Hall–Kier alpha value is -0.610. The molecule has 0 bridgehead atoms. The van der Waals surface area contributed by atoms with Crippen molar-refractivity contribution in [2.45, 2.75) is 32.4 Å². The van der Waals surface area contributed by atoms with E-state index in [1.807, 2.05) is 11.8 Å². The summed E-state index contributed by atoms with van der Waals surface area (Å²) in [5, 5.41) is 0. The Labute approximate surface area is 85.2 Å². The van der Waals surface area contributed by atoms with Crippen molar-refractivity contribution in [1.29, 1.82) is 0 Å². The Morgan fingerprint density at radius 2 is 2.36 bits per heavy atom. The summed E-state index contributed by atoms with van der Waals surface area (Å²) in [5.41, 5.74) is 0. The molecule has 1 amide bonds. The lowest BCUT2D eigenvalue weighted by Crippen LogP contribution is -2.45. The fourth-order valence-electron chi connectivity index (χ4n) is 1.56. The van der Waals surface area contributed by atoms with E-state index in [9.17, 15) is 4.79 Å². The lowest BCUT2D eigenvalue weighted by molar-refractivity contribution is -0.143. The predicted octanol–water partition coefficient (Wildman–Crippen LogP) is 0.659. The highest BCUT2D eigenvalue weighted by atomic mass is 16.5. The second-order valence-corrected chi connectivity index (χ2v) is 3.69. The van der Waals surface area contributed by atoms with Crippen molar-refractivity contribution in [2.24, 2.45) is 0 Å². The minimum atomic E-state index is -0.351. The van der Waals surface area contributed by atoms with Gasteiger partial charge >= 0.3 is 0 Å². The standard InChI is InChI=1S/C10H19NO3/c1-8-7-14-6-4-5-11(8)10(12)9(2)13-3/h8-9H,4-7H2,1-3H3. The third kappa shape index (κ3) is 2.69. The first-order valence-corrected chi connectivity index (χ1v) is 5.08. The molecule has 1 fully saturated rings. The Morgan fingerprint density at radius 3 is 3.00 bits per heavy atom. The molecule has 82 valence electrons. The molecule has 0 aromatic carbocycles. The molecular weight excluding hydrogens is 182 g/mol. The third-order valence-electron chi connectivity index (χ3n) is 2.56. The van der Waals surface area contributed by atoms with Crippen molar-refractivity contribution in [3.63, 3.8) is 0 Å². The highest BCUT2D eigenvalue weighted by Crippen LogP contribution is 2.09. The van der Waals surface area contributed by atoms with Gasteiger partial charge in [-0.3, -0.25) is 4.79 Å². The van der Waals surface area contributed by atoms with Crippen LogP contribution in [0.3, 0.4) is 0 Å². The molecule has 4 heteroatoms. The maximum atomic E-state index is 11.8. The van der Waals surface area contributed by atoms with E-state index in [2.05, 4.69) is 0 Å². The highest BCUT2D eigenvalue weighted by molar-refractivity contribution is 5.80. The number of nitrogens with zero attached hydrogens (tertiary/aromatic N) is 1. The lowest BCUT2D eigenvalue weighted by Gasteiger charge is -2.28. The summed E-state index contributed by atoms with van der Waals surface area (Å²) in [6.45, 7) is 5.93. The molecule has 0 aliphatic carbocycles. The van der Waals surface area contributed by atoms with Crippen LogP contribution in [0, 0.1) is 0 Å². The van der Waals surface area contributed by atoms with Crippen LogP contribution in [0.1, 0.15) is 20.3 Å². The number of amides is 1. The Balaban J connectivity index is 2.58. The molecule has 1 rings (SSSR count). The second kappa shape index (κ2) is 5.32. The average molecular weight is 201 g/mol. The molecule has 1 aliphatic rings. The van der Waals surface area contributed by atoms with Crippen molar-refractivity contribution < 1.29 is 14.3 Å². The Kier molecular flexibility index (Phi) is 4.35. The normalized spacial score (nSPS) is 25.6. The van der Waals surface area contributed by atoms with Gasteiger partial charge in [-0.25, -0.2) is 0 Å². The van der Waals surface area contributed by atoms with Gasteiger partial charge in [0.2, 0.25) is 0 Å². The molecule has 0 radical (unpaired) electrons. The fourth-order valence-corrected chi connectivity index (χ4v) is 1.56. The maximum Gasteiger partial charge on any atom is 0.251 e. The van der Waals surface area contributed by atoms with Crippen LogP contribution in [-0.4, -0.2) is 49.8 Å². The first kappa shape index (κ1) is 11.5. The zero-order valence-corrected chi connectivity index (χ0v) is 9.16. The lowest BCUT2D eigenvalue weighted by atomic mass is 10.2. The van der Waals surface area contributed by atoms with Gasteiger partial charge in [-0.2, -0.15) is 0 Å². The molecule has 2 atom stereocenters. The topological polar surface area (TPSA) is 38.8 Å². The number of hydrogen-bond acceptors (Lipinski definition) is 3. The average Bonchev–Trinajstić information content (AvgIpc) is 2.40. The van der Waals surface area contributed by atoms with Gasteiger partial charge in [0.05, 0.1) is 12.6 Å². The molecule has 4 nitrogen and oxygen atoms in total. The monoisotopic (exact) mass is 201 g/mol. The quantitative estimate of drug-likeness (QED) is 0.658. The third-order valence-corrected chi connectivity index (χ3v) is 2.56. The number of carbonyl (C=O) groups excluding carboxylic acids is 1. The van der Waals surface area contributed by atoms with Crippen LogP contribution >= 0.6 is 0 Å². The number of hydrogen-bond donors (Lipinski definition) is 0. The summed E-state index contributed by atoms with van der Waals surface area (Å²) in [6, 6.07) is 0.155. The molecule has 0 saturated carbocycles. The number of carbonyl (C=O) groups is 1. The number of ether oxygens (including phenoxy) is 2. The van der Waals surface area contributed by atoms with E-state index < -0.39 is 0 Å². The summed E-state index contributed by atoms with van der Waals surface area (Å²) in [6.07, 6.45) is 0.558. The molecule has 0 N–H and O–H groups in total. The zero-order chi connectivity index (χ0) is 10.6. The van der Waals surface area contributed by atoms with Crippen LogP contribution in [0.15, 0.2) is 0 Å². The first-order valence-electron chi connectivity index (χ1n) is 5.08. The Morgan fingerprint density at radius 1 is 1.64 bits per heavy atom. The van der Waals surface area contributed by atoms with Gasteiger partial charge < -0.3 is 14.4 Å². The van der Waals surface area contributed by atoms with Gasteiger partial charge in [0.15, 0.2) is 0 Å². The molecule has 1 aliphatic heterocycles. The molecule has 14 heavy (non-hydrogen) atoms. The number of methoxy groups -OCH3 is 1. The van der Waals surface area contributed by atoms with Gasteiger partial charge in [-0.05, 0) is 20.3 Å². The summed E-state index contributed by atoms with van der Waals surface area (Å²) in [5.74, 6) is 0.0606. The van der Waals surface area contributed by atoms with Gasteiger partial charge in [-0.15, -0.1) is 0 Å². The summed E-state index contributed by atoms with van der Waals surface area (Å²) >= 11 is 0. The summed E-state index contributed by atoms with van der Waals surface area (Å²) < 4.78 is 10.4. The predicted molar refractivity (Wildman–Crippen MR) is 53.1 cm³/mol. The van der Waals surface area contributed by atoms with Crippen molar-refractivity contribution >= 4 is 5.91 Å². The van der Waals surface area contributed by atoms with Crippen LogP contribution in [0.25, 0.3) is 0 Å². The summed E-state index contributed by atoms with van der Waals surface area (Å²) in [7, 11) is 1.56. The highest BCUT2D eigenvalue weighted by Gasteiger charge is 2.25. The second-order valence-electron chi connectivity index (χ2n) is 3.69. The van der Waals surface area contributed by atoms with E-state index in [1.54, 1.807) is 14.0 Å². The van der Waals surface area contributed by atoms with Crippen molar-refractivity contribution in [3.05, 3.63) is 0 Å². The smallest absolute Gasteiger partial charge is 0.251 e. The SMILES string of the molecule is COC(C)C(=O)N1CCCOCC1C. The molecule has 0 aromatic heterocycles. The van der Waals surface area contributed by atoms with Crippen molar-refractivity contribution in [1.82, 2.24) is 4.90 Å². The van der Waals surface area contributed by atoms with E-state index in [1.165, 1.54) is 0 Å². The number of rotatable bonds is 2. The molecule has 1 heterocycles. The minimum absolute atomic E-state index is 0.0606. The van der Waals surface area contributed by atoms with E-state index in [0.717, 1.165) is 19.6 Å². The van der Waals surface area contributed by atoms with Crippen LogP contribution in [0.2, 0.25) is 0 Å². The van der Waals surface area contributed by atoms with Crippen molar-refractivity contribution in [3.8, 4) is 0 Å². The summed E-state index contributed by atoms with van der Waals surface area (Å²) in [4.78, 5) is 13.7. The zero-order valence-electron chi connectivity index (χ0n) is 9.16. The van der Waals surface area contributed by atoms with Gasteiger partial charge in [0.25, 0.3) is 5.91 Å². The van der Waals surface area contributed by atoms with E-state index in [4.69, 9.17) is 9.47 Å². The molecule has 2 unspecified atom stereocenters. The Bertz CT molecular complexity index is 196. The van der Waals surface area contributed by atoms with E-state index in [-0.39, 0.29) is 18.1 Å². The van der Waals surface area contributed by atoms with Gasteiger partial charge in [0, 0.05) is 20.3 Å². The molecule has 1 saturated heterocycles. The maximum absolute atomic E-state index is 11.8. The van der Waals surface area contributed by atoms with Crippen LogP contribution in [0.5, 0.6) is 0 Å². The van der Waals surface area contributed by atoms with E-state index >= 15 is 0 Å². The molecular formula is C10H19NO3. The largest absolute Gasteiger partial charge is 0.379 e.